The zero-order valence-electron chi connectivity index (χ0n) is 11.0. The van der Waals surface area contributed by atoms with Gasteiger partial charge in [-0.15, -0.1) is 16.4 Å². The lowest BCUT2D eigenvalue weighted by Gasteiger charge is -2.17. The van der Waals surface area contributed by atoms with Crippen LogP contribution in [0.1, 0.15) is 12.5 Å². The van der Waals surface area contributed by atoms with Crippen molar-refractivity contribution in [1.29, 1.82) is 0 Å². The summed E-state index contributed by atoms with van der Waals surface area (Å²) in [6, 6.07) is 2.38. The van der Waals surface area contributed by atoms with E-state index in [2.05, 4.69) is 5.10 Å². The number of hydrogen-bond acceptors (Lipinski definition) is 5. The predicted molar refractivity (Wildman–Crippen MR) is 70.4 cm³/mol. The molecular formula is C12H10F3N3O3S. The number of carbonyl (C=O) groups excluding carboxylic acids is 1. The summed E-state index contributed by atoms with van der Waals surface area (Å²) in [5.74, 6) is -1.57. The Labute approximate surface area is 125 Å². The molecule has 118 valence electrons. The fourth-order valence-corrected chi connectivity index (χ4v) is 2.95. The van der Waals surface area contributed by atoms with Crippen molar-refractivity contribution in [2.24, 2.45) is 0 Å². The van der Waals surface area contributed by atoms with Crippen LogP contribution in [0.4, 0.5) is 13.2 Å². The SMILES string of the molecule is O=C1C(n2nc(-c3cccs3)oc2=O)CCN1CC(F)(F)F. The van der Waals surface area contributed by atoms with Gasteiger partial charge in [0.05, 0.1) is 4.88 Å². The molecule has 0 saturated carbocycles. The highest BCUT2D eigenvalue weighted by Gasteiger charge is 2.41. The van der Waals surface area contributed by atoms with Gasteiger partial charge in [0.15, 0.2) is 0 Å². The number of halogens is 3. The van der Waals surface area contributed by atoms with Gasteiger partial charge in [-0.25, -0.2) is 4.79 Å². The summed E-state index contributed by atoms with van der Waals surface area (Å²) in [6.07, 6.45) is -4.38. The van der Waals surface area contributed by atoms with E-state index in [9.17, 15) is 22.8 Å². The van der Waals surface area contributed by atoms with Gasteiger partial charge in [0, 0.05) is 6.54 Å². The molecule has 6 nitrogen and oxygen atoms in total. The summed E-state index contributed by atoms with van der Waals surface area (Å²) in [5, 5.41) is 5.70. The molecule has 3 rings (SSSR count). The van der Waals surface area contributed by atoms with Crippen molar-refractivity contribution in [1.82, 2.24) is 14.7 Å². The highest BCUT2D eigenvalue weighted by atomic mass is 32.1. The first kappa shape index (κ1) is 14.8. The Kier molecular flexibility index (Phi) is 3.55. The van der Waals surface area contributed by atoms with Gasteiger partial charge >= 0.3 is 11.9 Å². The van der Waals surface area contributed by atoms with Crippen molar-refractivity contribution in [2.75, 3.05) is 13.1 Å². The van der Waals surface area contributed by atoms with Crippen molar-refractivity contribution in [3.05, 3.63) is 28.1 Å². The summed E-state index contributed by atoms with van der Waals surface area (Å²) in [7, 11) is 0. The van der Waals surface area contributed by atoms with Crippen LogP contribution in [0, 0.1) is 0 Å². The molecule has 1 amide bonds. The van der Waals surface area contributed by atoms with Gasteiger partial charge in [-0.3, -0.25) is 4.79 Å². The molecule has 0 spiro atoms. The van der Waals surface area contributed by atoms with E-state index in [0.29, 0.717) is 9.78 Å². The van der Waals surface area contributed by atoms with Gasteiger partial charge in [-0.1, -0.05) is 6.07 Å². The molecule has 0 aliphatic carbocycles. The van der Waals surface area contributed by atoms with E-state index in [1.54, 1.807) is 17.5 Å². The van der Waals surface area contributed by atoms with Gasteiger partial charge < -0.3 is 9.32 Å². The molecule has 3 heterocycles. The molecule has 1 aliphatic heterocycles. The smallest absolute Gasteiger partial charge is 0.387 e. The standard InChI is InChI=1S/C12H10F3N3O3S/c13-12(14,15)6-17-4-3-7(10(17)19)18-11(20)21-9(16-18)8-2-1-5-22-8/h1-2,5,7H,3-4,6H2. The molecule has 1 aliphatic rings. The van der Waals surface area contributed by atoms with Gasteiger partial charge in [-0.05, 0) is 17.9 Å². The Morgan fingerprint density at radius 1 is 1.41 bits per heavy atom. The first-order valence-corrected chi connectivity index (χ1v) is 7.22. The molecule has 22 heavy (non-hydrogen) atoms. The molecule has 0 N–H and O–H groups in total. The maximum atomic E-state index is 12.4. The highest BCUT2D eigenvalue weighted by molar-refractivity contribution is 7.13. The first-order valence-electron chi connectivity index (χ1n) is 6.34. The first-order chi connectivity index (χ1) is 10.3. The van der Waals surface area contributed by atoms with Gasteiger partial charge in [0.2, 0.25) is 5.91 Å². The number of likely N-dealkylation sites (tertiary alicyclic amines) is 1. The number of alkyl halides is 3. The molecule has 1 unspecified atom stereocenters. The molecule has 1 atom stereocenters. The lowest BCUT2D eigenvalue weighted by Crippen LogP contribution is -2.37. The molecule has 10 heteroatoms. The van der Waals surface area contributed by atoms with Crippen LogP contribution in [-0.4, -0.2) is 39.9 Å². The summed E-state index contributed by atoms with van der Waals surface area (Å²) in [5.41, 5.74) is 0. The number of carbonyl (C=O) groups is 1. The molecular weight excluding hydrogens is 323 g/mol. The minimum atomic E-state index is -4.47. The fourth-order valence-electron chi connectivity index (χ4n) is 2.31. The Bertz CT molecular complexity index is 735. The van der Waals surface area contributed by atoms with Crippen molar-refractivity contribution >= 4 is 17.2 Å². The van der Waals surface area contributed by atoms with Crippen LogP contribution in [0.3, 0.4) is 0 Å². The lowest BCUT2D eigenvalue weighted by molar-refractivity contribution is -0.158. The third-order valence-electron chi connectivity index (χ3n) is 3.24. The molecule has 1 fully saturated rings. The highest BCUT2D eigenvalue weighted by Crippen LogP contribution is 2.27. The minimum Gasteiger partial charge on any atom is -0.387 e. The van der Waals surface area contributed by atoms with Crippen molar-refractivity contribution < 1.29 is 22.4 Å². The monoisotopic (exact) mass is 333 g/mol. The van der Waals surface area contributed by atoms with Gasteiger partial charge in [-0.2, -0.15) is 17.9 Å². The van der Waals surface area contributed by atoms with Gasteiger partial charge in [0.25, 0.3) is 5.89 Å². The van der Waals surface area contributed by atoms with Crippen molar-refractivity contribution in [3.8, 4) is 10.8 Å². The normalized spacial score (nSPS) is 19.1. The second-order valence-electron chi connectivity index (χ2n) is 4.77. The largest absolute Gasteiger partial charge is 0.438 e. The average molecular weight is 333 g/mol. The van der Waals surface area contributed by atoms with E-state index < -0.39 is 30.4 Å². The third kappa shape index (κ3) is 2.78. The number of aromatic nitrogens is 2. The number of thiophene rings is 1. The van der Waals surface area contributed by atoms with Crippen LogP contribution in [0.5, 0.6) is 0 Å². The van der Waals surface area contributed by atoms with Crippen LogP contribution in [0.15, 0.2) is 26.7 Å². The molecule has 2 aromatic rings. The zero-order valence-corrected chi connectivity index (χ0v) is 11.9. The second kappa shape index (κ2) is 5.27. The number of rotatable bonds is 3. The summed E-state index contributed by atoms with van der Waals surface area (Å²) < 4.78 is 43.0. The Balaban J connectivity index is 1.84. The Morgan fingerprint density at radius 2 is 2.18 bits per heavy atom. The maximum absolute atomic E-state index is 12.4. The second-order valence-corrected chi connectivity index (χ2v) is 5.72. The van der Waals surface area contributed by atoms with E-state index in [-0.39, 0.29) is 18.9 Å². The van der Waals surface area contributed by atoms with E-state index >= 15 is 0 Å². The average Bonchev–Trinajstić information content (AvgIpc) is 3.11. The Hall–Kier alpha value is -2.10. The van der Waals surface area contributed by atoms with E-state index in [1.165, 1.54) is 11.3 Å². The van der Waals surface area contributed by atoms with Gasteiger partial charge in [0.1, 0.15) is 12.6 Å². The van der Waals surface area contributed by atoms with Crippen LogP contribution < -0.4 is 5.76 Å². The molecule has 2 aromatic heterocycles. The van der Waals surface area contributed by atoms with Crippen LogP contribution >= 0.6 is 11.3 Å². The van der Waals surface area contributed by atoms with Crippen LogP contribution in [-0.2, 0) is 4.79 Å². The molecule has 0 aromatic carbocycles. The predicted octanol–water partition coefficient (Wildman–Crippen LogP) is 1.90. The minimum absolute atomic E-state index is 0.0575. The fraction of sp³-hybridized carbons (Fsp3) is 0.417. The number of hydrogen-bond donors (Lipinski definition) is 0. The molecule has 0 radical (unpaired) electrons. The van der Waals surface area contributed by atoms with Crippen molar-refractivity contribution in [2.45, 2.75) is 18.6 Å². The molecule has 0 bridgehead atoms. The van der Waals surface area contributed by atoms with Crippen molar-refractivity contribution in [3.63, 3.8) is 0 Å². The maximum Gasteiger partial charge on any atom is 0.438 e. The van der Waals surface area contributed by atoms with E-state index in [0.717, 1.165) is 4.68 Å². The Morgan fingerprint density at radius 3 is 2.82 bits per heavy atom. The number of amides is 1. The summed E-state index contributed by atoms with van der Waals surface area (Å²) >= 11 is 1.30. The summed E-state index contributed by atoms with van der Waals surface area (Å²) in [6.45, 7) is -1.40. The zero-order chi connectivity index (χ0) is 15.9. The van der Waals surface area contributed by atoms with Crippen LogP contribution in [0.2, 0.25) is 0 Å². The van der Waals surface area contributed by atoms with E-state index in [4.69, 9.17) is 4.42 Å². The quantitative estimate of drug-likeness (QED) is 0.860. The topological polar surface area (TPSA) is 68.3 Å². The van der Waals surface area contributed by atoms with Crippen LogP contribution in [0.25, 0.3) is 10.8 Å². The lowest BCUT2D eigenvalue weighted by atomic mass is 10.2. The molecule has 1 saturated heterocycles. The number of nitrogens with zero attached hydrogens (tertiary/aromatic N) is 3. The summed E-state index contributed by atoms with van der Waals surface area (Å²) in [4.78, 5) is 25.1. The van der Waals surface area contributed by atoms with E-state index in [1.807, 2.05) is 0 Å². The third-order valence-corrected chi connectivity index (χ3v) is 4.09.